The van der Waals surface area contributed by atoms with Crippen molar-refractivity contribution in [1.29, 1.82) is 0 Å². The first-order valence-electron chi connectivity index (χ1n) is 9.87. The van der Waals surface area contributed by atoms with Crippen LogP contribution < -0.4 is 10.1 Å². The smallest absolute Gasteiger partial charge is 0.226 e. The fourth-order valence-corrected chi connectivity index (χ4v) is 4.59. The lowest BCUT2D eigenvalue weighted by atomic mass is 9.84. The molecule has 2 atom stereocenters. The van der Waals surface area contributed by atoms with Crippen molar-refractivity contribution >= 4 is 27.6 Å². The number of nitrogens with zero attached hydrogens (tertiary/aromatic N) is 3. The number of ether oxygens (including phenoxy) is 1. The second kappa shape index (κ2) is 7.06. The largest absolute Gasteiger partial charge is 0.480 e. The van der Waals surface area contributed by atoms with Crippen LogP contribution >= 0.6 is 15.9 Å². The summed E-state index contributed by atoms with van der Waals surface area (Å²) < 4.78 is 24.3. The molecule has 5 nitrogen and oxygen atoms in total. The van der Waals surface area contributed by atoms with Crippen LogP contribution in [0.25, 0.3) is 5.70 Å². The first-order valence-corrected chi connectivity index (χ1v) is 10.7. The maximum atomic E-state index is 15.1. The van der Waals surface area contributed by atoms with Gasteiger partial charge in [0.25, 0.3) is 0 Å². The average molecular weight is 475 g/mol. The van der Waals surface area contributed by atoms with Crippen LogP contribution in [0.3, 0.4) is 0 Å². The molecular weight excluding hydrogens is 459 g/mol. The monoisotopic (exact) mass is 474 g/mol. The lowest BCUT2D eigenvalue weighted by Gasteiger charge is -2.39. The van der Waals surface area contributed by atoms with E-state index in [9.17, 15) is 0 Å². The van der Waals surface area contributed by atoms with E-state index in [0.717, 1.165) is 32.6 Å². The summed E-state index contributed by atoms with van der Waals surface area (Å²) in [6.45, 7) is 0. The van der Waals surface area contributed by atoms with E-state index in [1.165, 1.54) is 12.4 Å². The zero-order valence-corrected chi connectivity index (χ0v) is 17.8. The van der Waals surface area contributed by atoms with Gasteiger partial charge in [-0.3, -0.25) is 0 Å². The Morgan fingerprint density at radius 3 is 2.58 bits per heavy atom. The van der Waals surface area contributed by atoms with Crippen molar-refractivity contribution in [3.8, 4) is 5.75 Å². The van der Waals surface area contributed by atoms with Crippen LogP contribution in [0.5, 0.6) is 5.75 Å². The fraction of sp³-hybridized carbons (Fsp3) is 0.0833. The molecule has 31 heavy (non-hydrogen) atoms. The second-order valence-electron chi connectivity index (χ2n) is 7.45. The summed E-state index contributed by atoms with van der Waals surface area (Å²) in [6, 6.07) is 22.1. The number of halogens is 2. The summed E-state index contributed by atoms with van der Waals surface area (Å²) in [7, 11) is 0. The van der Waals surface area contributed by atoms with Crippen molar-refractivity contribution < 1.29 is 9.13 Å². The summed E-state index contributed by atoms with van der Waals surface area (Å²) in [4.78, 5) is 4.37. The van der Waals surface area contributed by atoms with Crippen molar-refractivity contribution in [2.45, 2.75) is 12.1 Å². The number of para-hydroxylation sites is 1. The Balaban J connectivity index is 1.65. The maximum Gasteiger partial charge on any atom is 0.226 e. The minimum Gasteiger partial charge on any atom is -0.480 e. The van der Waals surface area contributed by atoms with E-state index in [4.69, 9.17) is 4.74 Å². The minimum absolute atomic E-state index is 0.295. The number of aromatic nitrogens is 3. The number of hydrogen-bond acceptors (Lipinski definition) is 4. The number of rotatable bonds is 2. The lowest BCUT2D eigenvalue weighted by Crippen LogP contribution is -2.32. The molecule has 2 aliphatic rings. The molecule has 3 aromatic carbocycles. The summed E-state index contributed by atoms with van der Waals surface area (Å²) in [5.74, 6) is 1.04. The summed E-state index contributed by atoms with van der Waals surface area (Å²) in [6.07, 6.45) is 1.06. The number of anilines is 1. The minimum atomic E-state index is -0.503. The molecular formula is C24H16BrFN4O. The van der Waals surface area contributed by atoms with Crippen molar-refractivity contribution in [3.63, 3.8) is 0 Å². The number of fused-ring (bicyclic) bond motifs is 3. The second-order valence-corrected chi connectivity index (χ2v) is 8.37. The Labute approximate surface area is 186 Å². The number of nitrogens with one attached hydrogen (secondary N) is 1. The van der Waals surface area contributed by atoms with Gasteiger partial charge >= 0.3 is 0 Å². The van der Waals surface area contributed by atoms with Crippen LogP contribution in [0.15, 0.2) is 89.2 Å². The molecule has 0 amide bonds. The molecule has 7 heteroatoms. The molecule has 6 rings (SSSR count). The molecule has 3 heterocycles. The summed E-state index contributed by atoms with van der Waals surface area (Å²) in [5, 5.41) is 7.85. The predicted molar refractivity (Wildman–Crippen MR) is 119 cm³/mol. The van der Waals surface area contributed by atoms with Gasteiger partial charge in [0.15, 0.2) is 0 Å². The third-order valence-electron chi connectivity index (χ3n) is 5.69. The Hall–Kier alpha value is -3.45. The number of benzene rings is 3. The molecule has 0 radical (unpaired) electrons. The van der Waals surface area contributed by atoms with E-state index in [2.05, 4.69) is 31.3 Å². The maximum absolute atomic E-state index is 15.1. The zero-order chi connectivity index (χ0) is 20.9. The molecule has 0 unspecified atom stereocenters. The van der Waals surface area contributed by atoms with Gasteiger partial charge in [0.1, 0.15) is 30.0 Å². The highest BCUT2D eigenvalue weighted by atomic mass is 79.9. The van der Waals surface area contributed by atoms with E-state index in [-0.39, 0.29) is 5.82 Å². The molecule has 0 aliphatic carbocycles. The molecule has 4 aromatic rings. The van der Waals surface area contributed by atoms with Crippen LogP contribution in [0, 0.1) is 5.82 Å². The molecule has 0 fully saturated rings. The fourth-order valence-electron chi connectivity index (χ4n) is 4.33. The Kier molecular flexibility index (Phi) is 4.17. The third kappa shape index (κ3) is 2.88. The highest BCUT2D eigenvalue weighted by Gasteiger charge is 2.41. The SMILES string of the molecule is Fc1ccccc1[C@@H]1C2=C(Nc3ncnn31)c1ccccc1O[C@@H]2c1ccc(Br)cc1. The van der Waals surface area contributed by atoms with E-state index >= 15 is 4.39 Å². The molecule has 0 saturated carbocycles. The van der Waals surface area contributed by atoms with E-state index in [1.54, 1.807) is 16.8 Å². The Bertz CT molecular complexity index is 1330. The highest BCUT2D eigenvalue weighted by Crippen LogP contribution is 2.50. The van der Waals surface area contributed by atoms with Gasteiger partial charge in [0, 0.05) is 21.2 Å². The van der Waals surface area contributed by atoms with Gasteiger partial charge in [-0.05, 0) is 35.9 Å². The first kappa shape index (κ1) is 18.3. The van der Waals surface area contributed by atoms with Crippen LogP contribution in [-0.2, 0) is 0 Å². The van der Waals surface area contributed by atoms with Crippen molar-refractivity contribution in [1.82, 2.24) is 14.8 Å². The van der Waals surface area contributed by atoms with Gasteiger partial charge in [-0.2, -0.15) is 10.1 Å². The van der Waals surface area contributed by atoms with Crippen molar-refractivity contribution in [2.24, 2.45) is 0 Å². The van der Waals surface area contributed by atoms with Crippen molar-refractivity contribution in [2.75, 3.05) is 5.32 Å². The van der Waals surface area contributed by atoms with Gasteiger partial charge in [-0.25, -0.2) is 9.07 Å². The Morgan fingerprint density at radius 2 is 1.74 bits per heavy atom. The van der Waals surface area contributed by atoms with Crippen LogP contribution in [0.2, 0.25) is 0 Å². The van der Waals surface area contributed by atoms with E-state index in [0.29, 0.717) is 11.5 Å². The number of hydrogen-bond donors (Lipinski definition) is 1. The quantitative estimate of drug-likeness (QED) is 0.402. The van der Waals surface area contributed by atoms with E-state index < -0.39 is 12.1 Å². The zero-order valence-electron chi connectivity index (χ0n) is 16.2. The van der Waals surface area contributed by atoms with Gasteiger partial charge in [0.05, 0.1) is 5.70 Å². The van der Waals surface area contributed by atoms with Crippen LogP contribution in [-0.4, -0.2) is 14.8 Å². The van der Waals surface area contributed by atoms with Gasteiger partial charge < -0.3 is 10.1 Å². The molecule has 1 aromatic heterocycles. The van der Waals surface area contributed by atoms with Gasteiger partial charge in [-0.15, -0.1) is 0 Å². The molecule has 152 valence electrons. The van der Waals surface area contributed by atoms with Gasteiger partial charge in [-0.1, -0.05) is 58.4 Å². The summed E-state index contributed by atoms with van der Waals surface area (Å²) in [5.41, 5.74) is 4.18. The average Bonchev–Trinajstić information content (AvgIpc) is 3.27. The molecule has 2 aliphatic heterocycles. The topological polar surface area (TPSA) is 52.0 Å². The lowest BCUT2D eigenvalue weighted by molar-refractivity contribution is 0.222. The van der Waals surface area contributed by atoms with Crippen molar-refractivity contribution in [3.05, 3.63) is 112 Å². The third-order valence-corrected chi connectivity index (χ3v) is 6.22. The Morgan fingerprint density at radius 1 is 0.968 bits per heavy atom. The highest BCUT2D eigenvalue weighted by molar-refractivity contribution is 9.10. The molecule has 0 spiro atoms. The predicted octanol–water partition coefficient (Wildman–Crippen LogP) is 5.74. The molecule has 0 bridgehead atoms. The molecule has 0 saturated heterocycles. The van der Waals surface area contributed by atoms with Crippen LogP contribution in [0.4, 0.5) is 10.3 Å². The molecule has 1 N–H and O–H groups in total. The normalized spacial score (nSPS) is 19.0. The standard InChI is InChI=1S/C24H16BrFN4O/c25-15-11-9-14(10-12-15)23-20-21(17-6-2-4-8-19(17)31-23)29-24-27-13-28-30(24)22(20)16-5-1-3-7-18(16)26/h1-13,22-23H,(H,27,28,29)/t22-,23-/m1/s1. The van der Waals surface area contributed by atoms with Gasteiger partial charge in [0.2, 0.25) is 5.95 Å². The summed E-state index contributed by atoms with van der Waals surface area (Å²) >= 11 is 3.50. The van der Waals surface area contributed by atoms with E-state index in [1.807, 2.05) is 54.6 Å². The van der Waals surface area contributed by atoms with Crippen LogP contribution in [0.1, 0.15) is 28.8 Å². The first-order chi connectivity index (χ1) is 15.2.